The average molecular weight is 485 g/mol. The van der Waals surface area contributed by atoms with Crippen molar-refractivity contribution < 1.29 is 22.7 Å². The molecule has 0 aliphatic heterocycles. The van der Waals surface area contributed by atoms with Crippen LogP contribution in [0.25, 0.3) is 11.3 Å². The van der Waals surface area contributed by atoms with Crippen molar-refractivity contribution >= 4 is 17.4 Å². The molecule has 0 saturated heterocycles. The number of aromatic nitrogens is 4. The first-order chi connectivity index (χ1) is 16.2. The fraction of sp³-hybridized carbons (Fsp3) is 0.125. The number of benzene rings is 1. The van der Waals surface area contributed by atoms with Crippen molar-refractivity contribution in [2.75, 3.05) is 0 Å². The molecule has 0 atom stereocenters. The molecule has 34 heavy (non-hydrogen) atoms. The summed E-state index contributed by atoms with van der Waals surface area (Å²) in [6.45, 7) is 1.83. The number of aryl methyl sites for hydroxylation is 1. The highest BCUT2D eigenvalue weighted by Gasteiger charge is 2.32. The van der Waals surface area contributed by atoms with E-state index in [4.69, 9.17) is 16.3 Å². The van der Waals surface area contributed by atoms with Gasteiger partial charge in [0.05, 0.1) is 29.0 Å². The van der Waals surface area contributed by atoms with E-state index in [1.54, 1.807) is 12.3 Å². The second kappa shape index (κ2) is 9.56. The lowest BCUT2D eigenvalue weighted by Gasteiger charge is -2.11. The van der Waals surface area contributed by atoms with Gasteiger partial charge in [-0.25, -0.2) is 4.98 Å². The number of pyridine rings is 2. The van der Waals surface area contributed by atoms with Crippen LogP contribution in [-0.2, 0) is 12.6 Å². The summed E-state index contributed by atoms with van der Waals surface area (Å²) in [5.74, 6) is -0.122. The highest BCUT2D eigenvalue weighted by Crippen LogP contribution is 2.33. The number of ether oxygens (including phenoxy) is 1. The van der Waals surface area contributed by atoms with Gasteiger partial charge in [0.25, 0.3) is 0 Å². The third-order valence-corrected chi connectivity index (χ3v) is 5.17. The zero-order chi connectivity index (χ0) is 24.3. The molecule has 0 radical (unpaired) electrons. The number of alkyl halides is 3. The Morgan fingerprint density at radius 3 is 2.59 bits per heavy atom. The van der Waals surface area contributed by atoms with Gasteiger partial charge in [0.15, 0.2) is 5.78 Å². The molecule has 172 valence electrons. The van der Waals surface area contributed by atoms with Gasteiger partial charge < -0.3 is 4.74 Å². The summed E-state index contributed by atoms with van der Waals surface area (Å²) < 4.78 is 44.2. The Morgan fingerprint density at radius 2 is 1.88 bits per heavy atom. The van der Waals surface area contributed by atoms with Crippen molar-refractivity contribution in [3.05, 3.63) is 94.8 Å². The first kappa shape index (κ1) is 23.3. The lowest BCUT2D eigenvalue weighted by atomic mass is 10.0. The number of nitrogens with zero attached hydrogens (tertiary/aromatic N) is 4. The Labute approximate surface area is 197 Å². The molecule has 0 aliphatic carbocycles. The molecule has 0 N–H and O–H groups in total. The van der Waals surface area contributed by atoms with Gasteiger partial charge in [0, 0.05) is 35.8 Å². The Hall–Kier alpha value is -3.85. The minimum absolute atomic E-state index is 0.0535. The number of hydrogen-bond donors (Lipinski definition) is 0. The predicted octanol–water partition coefficient (Wildman–Crippen LogP) is 6.13. The molecule has 0 unspecified atom stereocenters. The van der Waals surface area contributed by atoms with Gasteiger partial charge in [-0.3, -0.25) is 19.7 Å². The molecule has 0 bridgehead atoms. The maximum absolute atomic E-state index is 12.9. The lowest BCUT2D eigenvalue weighted by molar-refractivity contribution is -0.141. The molecule has 3 heterocycles. The quantitative estimate of drug-likeness (QED) is 0.306. The fourth-order valence-corrected chi connectivity index (χ4v) is 3.33. The normalized spacial score (nSPS) is 11.3. The lowest BCUT2D eigenvalue weighted by Crippen LogP contribution is -2.08. The van der Waals surface area contributed by atoms with Crippen LogP contribution in [0, 0.1) is 6.92 Å². The van der Waals surface area contributed by atoms with Crippen molar-refractivity contribution in [3.8, 4) is 22.9 Å². The van der Waals surface area contributed by atoms with E-state index in [0.717, 1.165) is 11.6 Å². The number of carbonyl (C=O) groups is 1. The zero-order valence-electron chi connectivity index (χ0n) is 17.7. The Balaban J connectivity index is 1.53. The summed E-state index contributed by atoms with van der Waals surface area (Å²) in [4.78, 5) is 28.6. The molecule has 0 fully saturated rings. The van der Waals surface area contributed by atoms with E-state index in [1.807, 2.05) is 6.92 Å². The van der Waals surface area contributed by atoms with Crippen LogP contribution in [0.4, 0.5) is 13.2 Å². The molecular formula is C24H16ClF3N4O2. The van der Waals surface area contributed by atoms with Gasteiger partial charge in [-0.2, -0.15) is 13.2 Å². The van der Waals surface area contributed by atoms with Crippen LogP contribution in [0.15, 0.2) is 67.3 Å². The van der Waals surface area contributed by atoms with E-state index in [1.165, 1.54) is 48.9 Å². The van der Waals surface area contributed by atoms with Crippen LogP contribution in [0.2, 0.25) is 5.02 Å². The number of rotatable bonds is 6. The zero-order valence-corrected chi connectivity index (χ0v) is 18.4. The van der Waals surface area contributed by atoms with Crippen molar-refractivity contribution in [2.45, 2.75) is 19.5 Å². The molecule has 6 nitrogen and oxygen atoms in total. The third-order valence-electron chi connectivity index (χ3n) is 4.84. The van der Waals surface area contributed by atoms with E-state index in [2.05, 4.69) is 19.9 Å². The fourth-order valence-electron chi connectivity index (χ4n) is 3.12. The molecule has 10 heteroatoms. The summed E-state index contributed by atoms with van der Waals surface area (Å²) in [6, 6.07) is 9.71. The van der Waals surface area contributed by atoms with Gasteiger partial charge in [0.2, 0.25) is 5.88 Å². The predicted molar refractivity (Wildman–Crippen MR) is 119 cm³/mol. The largest absolute Gasteiger partial charge is 0.439 e. The van der Waals surface area contributed by atoms with Gasteiger partial charge in [-0.05, 0) is 42.8 Å². The number of halogens is 4. The number of hydrogen-bond acceptors (Lipinski definition) is 6. The van der Waals surface area contributed by atoms with Crippen LogP contribution >= 0.6 is 11.6 Å². The summed E-state index contributed by atoms with van der Waals surface area (Å²) in [5, 5.41) is 0.341. The van der Waals surface area contributed by atoms with Crippen LogP contribution in [0.3, 0.4) is 0 Å². The molecule has 3 aromatic heterocycles. The summed E-state index contributed by atoms with van der Waals surface area (Å²) in [7, 11) is 0. The minimum atomic E-state index is -4.58. The summed E-state index contributed by atoms with van der Waals surface area (Å²) in [5.41, 5.74) is 1.61. The van der Waals surface area contributed by atoms with Crippen LogP contribution in [-0.4, -0.2) is 25.7 Å². The topological polar surface area (TPSA) is 77.9 Å². The average Bonchev–Trinajstić information content (AvgIpc) is 2.81. The number of carbonyl (C=O) groups excluding carboxylic acids is 1. The number of ketones is 1. The molecule has 1 aromatic carbocycles. The third kappa shape index (κ3) is 5.37. The summed E-state index contributed by atoms with van der Waals surface area (Å²) >= 11 is 6.29. The minimum Gasteiger partial charge on any atom is -0.439 e. The van der Waals surface area contributed by atoms with Crippen LogP contribution < -0.4 is 4.74 Å². The maximum Gasteiger partial charge on any atom is 0.433 e. The molecule has 4 aromatic rings. The van der Waals surface area contributed by atoms with Gasteiger partial charge in [-0.1, -0.05) is 17.7 Å². The highest BCUT2D eigenvalue weighted by molar-refractivity contribution is 6.33. The van der Waals surface area contributed by atoms with Crippen molar-refractivity contribution in [2.24, 2.45) is 0 Å². The molecule has 0 amide bonds. The van der Waals surface area contributed by atoms with Gasteiger partial charge in [0.1, 0.15) is 11.4 Å². The van der Waals surface area contributed by atoms with Crippen LogP contribution in [0.1, 0.15) is 27.3 Å². The standard InChI is InChI=1S/C24H16ClF3N4O2/c1-14-7-8-29-12-18(14)21(33)9-15-11-31-20(13-30-15)17-10-16(5-6-19(17)25)34-23-4-2-3-22(32-23)24(26,27)28/h2-8,10-13H,9H2,1H3. The second-order valence-electron chi connectivity index (χ2n) is 7.29. The molecular weight excluding hydrogens is 469 g/mol. The smallest absolute Gasteiger partial charge is 0.433 e. The van der Waals surface area contributed by atoms with Crippen LogP contribution in [0.5, 0.6) is 11.6 Å². The second-order valence-corrected chi connectivity index (χ2v) is 7.69. The number of Topliss-reactive ketones (excluding diaryl/α,β-unsaturated/α-hetero) is 1. The Kier molecular flexibility index (Phi) is 6.56. The van der Waals surface area contributed by atoms with Gasteiger partial charge in [-0.15, -0.1) is 0 Å². The Bertz CT molecular complexity index is 1340. The Morgan fingerprint density at radius 1 is 1.06 bits per heavy atom. The SMILES string of the molecule is Cc1ccncc1C(=O)Cc1cnc(-c2cc(Oc3cccc(C(F)(F)F)n3)ccc2Cl)cn1. The molecule has 4 rings (SSSR count). The van der Waals surface area contributed by atoms with Crippen molar-refractivity contribution in [1.29, 1.82) is 0 Å². The first-order valence-corrected chi connectivity index (χ1v) is 10.4. The molecule has 0 spiro atoms. The summed E-state index contributed by atoms with van der Waals surface area (Å²) in [6.07, 6.45) is 1.54. The van der Waals surface area contributed by atoms with Crippen molar-refractivity contribution in [1.82, 2.24) is 19.9 Å². The van der Waals surface area contributed by atoms with E-state index in [9.17, 15) is 18.0 Å². The van der Waals surface area contributed by atoms with Gasteiger partial charge >= 0.3 is 6.18 Å². The van der Waals surface area contributed by atoms with E-state index >= 15 is 0 Å². The first-order valence-electron chi connectivity index (χ1n) is 9.97. The van der Waals surface area contributed by atoms with E-state index in [0.29, 0.717) is 27.5 Å². The van der Waals surface area contributed by atoms with E-state index in [-0.39, 0.29) is 23.8 Å². The maximum atomic E-state index is 12.9. The highest BCUT2D eigenvalue weighted by atomic mass is 35.5. The van der Waals surface area contributed by atoms with Crippen molar-refractivity contribution in [3.63, 3.8) is 0 Å². The molecule has 0 aliphatic rings. The van der Waals surface area contributed by atoms with E-state index < -0.39 is 11.9 Å². The molecule has 0 saturated carbocycles. The monoisotopic (exact) mass is 484 g/mol.